The first-order valence-corrected chi connectivity index (χ1v) is 7.32. The van der Waals surface area contributed by atoms with Crippen LogP contribution in [0, 0.1) is 11.6 Å². The number of halogens is 2. The van der Waals surface area contributed by atoms with Gasteiger partial charge in [0.15, 0.2) is 16.8 Å². The largest absolute Gasteiger partial charge is 0.385 e. The number of hydrogen-bond donors (Lipinski definition) is 1. The number of ether oxygens (including phenoxy) is 1. The molecule has 0 unspecified atom stereocenters. The fourth-order valence-corrected chi connectivity index (χ4v) is 2.73. The Morgan fingerprint density at radius 3 is 3.00 bits per heavy atom. The van der Waals surface area contributed by atoms with Crippen molar-refractivity contribution in [3.63, 3.8) is 0 Å². The molecular formula is C13H15F2N3O2S. The van der Waals surface area contributed by atoms with Crippen molar-refractivity contribution in [3.05, 3.63) is 45.9 Å². The van der Waals surface area contributed by atoms with Gasteiger partial charge in [-0.2, -0.15) is 0 Å². The Bertz CT molecular complexity index is 657. The number of aromatic amines is 1. The monoisotopic (exact) mass is 315 g/mol. The van der Waals surface area contributed by atoms with Crippen molar-refractivity contribution in [2.75, 3.05) is 13.7 Å². The molecule has 1 N–H and O–H groups in total. The zero-order chi connectivity index (χ0) is 15.2. The lowest BCUT2D eigenvalue weighted by molar-refractivity contribution is 0.189. The predicted molar refractivity (Wildman–Crippen MR) is 75.3 cm³/mol. The summed E-state index contributed by atoms with van der Waals surface area (Å²) in [5, 5.41) is 6.69. The maximum absolute atomic E-state index is 13.6. The minimum absolute atomic E-state index is 0.193. The SMILES string of the molecule is COCCCn1c(SCc2cccc(F)c2F)n[nH]c1=O. The van der Waals surface area contributed by atoms with E-state index in [1.54, 1.807) is 7.11 Å². The van der Waals surface area contributed by atoms with E-state index in [2.05, 4.69) is 10.2 Å². The van der Waals surface area contributed by atoms with Gasteiger partial charge < -0.3 is 4.74 Å². The number of nitrogens with one attached hydrogen (secondary N) is 1. The summed E-state index contributed by atoms with van der Waals surface area (Å²) in [4.78, 5) is 11.6. The molecule has 0 aliphatic heterocycles. The molecule has 0 amide bonds. The fourth-order valence-electron chi connectivity index (χ4n) is 1.78. The van der Waals surface area contributed by atoms with Crippen molar-refractivity contribution in [2.45, 2.75) is 23.9 Å². The number of benzene rings is 1. The fraction of sp³-hybridized carbons (Fsp3) is 0.385. The molecule has 0 bridgehead atoms. The van der Waals surface area contributed by atoms with E-state index in [9.17, 15) is 13.6 Å². The first-order valence-electron chi connectivity index (χ1n) is 6.33. The summed E-state index contributed by atoms with van der Waals surface area (Å²) < 4.78 is 33.1. The Morgan fingerprint density at radius 2 is 2.24 bits per heavy atom. The summed E-state index contributed by atoms with van der Waals surface area (Å²) >= 11 is 1.18. The summed E-state index contributed by atoms with van der Waals surface area (Å²) in [7, 11) is 1.58. The maximum atomic E-state index is 13.6. The van der Waals surface area contributed by atoms with Crippen LogP contribution in [0.4, 0.5) is 8.78 Å². The predicted octanol–water partition coefficient (Wildman–Crippen LogP) is 2.18. The number of H-pyrrole nitrogens is 1. The molecule has 1 aromatic carbocycles. The molecule has 0 aliphatic carbocycles. The zero-order valence-corrected chi connectivity index (χ0v) is 12.3. The van der Waals surface area contributed by atoms with Crippen LogP contribution >= 0.6 is 11.8 Å². The molecule has 0 aliphatic rings. The van der Waals surface area contributed by atoms with Crippen molar-refractivity contribution >= 4 is 11.8 Å². The van der Waals surface area contributed by atoms with Gasteiger partial charge in [-0.3, -0.25) is 4.57 Å². The number of aromatic nitrogens is 3. The van der Waals surface area contributed by atoms with Gasteiger partial charge in [0.1, 0.15) is 0 Å². The van der Waals surface area contributed by atoms with Crippen LogP contribution in [0.1, 0.15) is 12.0 Å². The number of thioether (sulfide) groups is 1. The van der Waals surface area contributed by atoms with E-state index in [-0.39, 0.29) is 17.0 Å². The van der Waals surface area contributed by atoms with Crippen molar-refractivity contribution in [3.8, 4) is 0 Å². The lowest BCUT2D eigenvalue weighted by Gasteiger charge is -2.06. The second-order valence-electron chi connectivity index (χ2n) is 4.31. The molecular weight excluding hydrogens is 300 g/mol. The normalized spacial score (nSPS) is 11.0. The standard InChI is InChI=1S/C13H15F2N3O2S/c1-20-7-3-6-18-12(19)16-17-13(18)21-8-9-4-2-5-10(14)11(9)15/h2,4-5H,3,6-8H2,1H3,(H,16,19). The number of nitrogens with zero attached hydrogens (tertiary/aromatic N) is 2. The molecule has 2 rings (SSSR count). The molecule has 1 heterocycles. The highest BCUT2D eigenvalue weighted by atomic mass is 32.2. The molecule has 0 radical (unpaired) electrons. The van der Waals surface area contributed by atoms with Gasteiger partial charge in [0, 0.05) is 31.6 Å². The van der Waals surface area contributed by atoms with Crippen LogP contribution < -0.4 is 5.69 Å². The summed E-state index contributed by atoms with van der Waals surface area (Å²) in [6.45, 7) is 0.984. The second kappa shape index (κ2) is 7.37. The summed E-state index contributed by atoms with van der Waals surface area (Å²) in [5.41, 5.74) is -0.0905. The van der Waals surface area contributed by atoms with Gasteiger partial charge in [-0.1, -0.05) is 23.9 Å². The van der Waals surface area contributed by atoms with Crippen LogP contribution in [0.2, 0.25) is 0 Å². The minimum Gasteiger partial charge on any atom is -0.385 e. The Kier molecular flexibility index (Phi) is 5.51. The highest BCUT2D eigenvalue weighted by Crippen LogP contribution is 2.22. The molecule has 8 heteroatoms. The van der Waals surface area contributed by atoms with E-state index in [0.29, 0.717) is 24.7 Å². The number of hydrogen-bond acceptors (Lipinski definition) is 4. The maximum Gasteiger partial charge on any atom is 0.343 e. The van der Waals surface area contributed by atoms with Gasteiger partial charge in [-0.15, -0.1) is 5.10 Å². The highest BCUT2D eigenvalue weighted by Gasteiger charge is 2.12. The first-order chi connectivity index (χ1) is 10.1. The molecule has 0 saturated heterocycles. The van der Waals surface area contributed by atoms with Crippen LogP contribution in [0.15, 0.2) is 28.2 Å². The Morgan fingerprint density at radius 1 is 1.43 bits per heavy atom. The van der Waals surface area contributed by atoms with Crippen molar-refractivity contribution < 1.29 is 13.5 Å². The summed E-state index contributed by atoms with van der Waals surface area (Å²) in [6.07, 6.45) is 0.665. The topological polar surface area (TPSA) is 59.9 Å². The van der Waals surface area contributed by atoms with E-state index in [4.69, 9.17) is 4.74 Å². The molecule has 1 aromatic heterocycles. The minimum atomic E-state index is -0.882. The molecule has 0 saturated carbocycles. The lowest BCUT2D eigenvalue weighted by Crippen LogP contribution is -2.18. The van der Waals surface area contributed by atoms with Crippen LogP contribution in [-0.4, -0.2) is 28.5 Å². The molecule has 21 heavy (non-hydrogen) atoms. The molecule has 0 atom stereocenters. The van der Waals surface area contributed by atoms with E-state index < -0.39 is 11.6 Å². The molecule has 114 valence electrons. The second-order valence-corrected chi connectivity index (χ2v) is 5.25. The molecule has 0 spiro atoms. The first kappa shape index (κ1) is 15.7. The van der Waals surface area contributed by atoms with E-state index in [1.807, 2.05) is 0 Å². The molecule has 2 aromatic rings. The third kappa shape index (κ3) is 3.92. The average Bonchev–Trinajstić information content (AvgIpc) is 2.82. The van der Waals surface area contributed by atoms with E-state index in [0.717, 1.165) is 6.07 Å². The van der Waals surface area contributed by atoms with Gasteiger partial charge in [0.05, 0.1) is 0 Å². The van der Waals surface area contributed by atoms with Crippen LogP contribution in [0.25, 0.3) is 0 Å². The molecule has 5 nitrogen and oxygen atoms in total. The van der Waals surface area contributed by atoms with Gasteiger partial charge in [0.2, 0.25) is 0 Å². The smallest absolute Gasteiger partial charge is 0.343 e. The third-order valence-corrected chi connectivity index (χ3v) is 3.87. The average molecular weight is 315 g/mol. The van der Waals surface area contributed by atoms with Crippen molar-refractivity contribution in [1.29, 1.82) is 0 Å². The van der Waals surface area contributed by atoms with Gasteiger partial charge in [-0.05, 0) is 12.5 Å². The zero-order valence-electron chi connectivity index (χ0n) is 11.4. The van der Waals surface area contributed by atoms with Gasteiger partial charge in [-0.25, -0.2) is 18.7 Å². The van der Waals surface area contributed by atoms with Crippen LogP contribution in [-0.2, 0) is 17.0 Å². The summed E-state index contributed by atoms with van der Waals surface area (Å²) in [5.74, 6) is -1.56. The number of methoxy groups -OCH3 is 1. The van der Waals surface area contributed by atoms with E-state index in [1.165, 1.54) is 28.5 Å². The van der Waals surface area contributed by atoms with Crippen molar-refractivity contribution in [2.24, 2.45) is 0 Å². The van der Waals surface area contributed by atoms with Crippen LogP contribution in [0.3, 0.4) is 0 Å². The highest BCUT2D eigenvalue weighted by molar-refractivity contribution is 7.98. The Balaban J connectivity index is 2.06. The van der Waals surface area contributed by atoms with Gasteiger partial charge in [0.25, 0.3) is 0 Å². The third-order valence-electron chi connectivity index (χ3n) is 2.84. The number of rotatable bonds is 7. The molecule has 0 fully saturated rings. The lowest BCUT2D eigenvalue weighted by atomic mass is 10.2. The van der Waals surface area contributed by atoms with E-state index >= 15 is 0 Å². The Hall–Kier alpha value is -1.67. The van der Waals surface area contributed by atoms with Crippen molar-refractivity contribution in [1.82, 2.24) is 14.8 Å². The Labute approximate surface area is 124 Å². The van der Waals surface area contributed by atoms with Gasteiger partial charge >= 0.3 is 5.69 Å². The van der Waals surface area contributed by atoms with Crippen LogP contribution in [0.5, 0.6) is 0 Å². The summed E-state index contributed by atoms with van der Waals surface area (Å²) in [6, 6.07) is 4.02. The quantitative estimate of drug-likeness (QED) is 0.628.